The second-order valence-electron chi connectivity index (χ2n) is 6.40. The summed E-state index contributed by atoms with van der Waals surface area (Å²) in [5.41, 5.74) is 6.06. The molecule has 2 N–H and O–H groups in total. The summed E-state index contributed by atoms with van der Waals surface area (Å²) in [6.45, 7) is 8.54. The molecule has 0 atom stereocenters. The molecule has 2 aliphatic heterocycles. The minimum Gasteiger partial charge on any atom is -0.381 e. The zero-order chi connectivity index (χ0) is 14.8. The molecule has 2 saturated heterocycles. The molecule has 116 valence electrons. The first-order valence-electron chi connectivity index (χ1n) is 7.94. The molecule has 0 unspecified atom stereocenters. The lowest BCUT2D eigenvalue weighted by Crippen LogP contribution is -2.45. The van der Waals surface area contributed by atoms with E-state index in [1.54, 1.807) is 0 Å². The fourth-order valence-electron chi connectivity index (χ4n) is 3.02. The highest BCUT2D eigenvalue weighted by molar-refractivity contribution is 5.61. The smallest absolute Gasteiger partial charge is 0.173 e. The Morgan fingerprint density at radius 3 is 2.38 bits per heavy atom. The number of likely N-dealkylation sites (N-methyl/N-ethyl adjacent to an activating group) is 1. The third kappa shape index (κ3) is 3.20. The molecule has 6 nitrogen and oxygen atoms in total. The van der Waals surface area contributed by atoms with E-state index in [0.717, 1.165) is 56.8 Å². The minimum absolute atomic E-state index is 0.558. The van der Waals surface area contributed by atoms with Gasteiger partial charge in [0, 0.05) is 39.3 Å². The molecule has 0 amide bonds. The molecule has 21 heavy (non-hydrogen) atoms. The van der Waals surface area contributed by atoms with Gasteiger partial charge in [0.15, 0.2) is 11.6 Å². The van der Waals surface area contributed by atoms with Crippen LogP contribution in [0.4, 0.5) is 17.5 Å². The van der Waals surface area contributed by atoms with Crippen molar-refractivity contribution >= 4 is 17.5 Å². The number of anilines is 3. The Hall–Kier alpha value is -1.56. The lowest BCUT2D eigenvalue weighted by molar-refractivity contribution is 0.312. The highest BCUT2D eigenvalue weighted by Crippen LogP contribution is 2.27. The van der Waals surface area contributed by atoms with Crippen LogP contribution in [0.15, 0.2) is 6.20 Å². The molecule has 0 aromatic carbocycles. The van der Waals surface area contributed by atoms with E-state index in [1.165, 1.54) is 12.8 Å². The number of rotatable bonds is 2. The van der Waals surface area contributed by atoms with Gasteiger partial charge in [-0.3, -0.25) is 0 Å². The summed E-state index contributed by atoms with van der Waals surface area (Å²) in [6.07, 6.45) is 4.23. The molecule has 6 heteroatoms. The largest absolute Gasteiger partial charge is 0.381 e. The number of piperazine rings is 1. The van der Waals surface area contributed by atoms with Gasteiger partial charge in [0.25, 0.3) is 0 Å². The van der Waals surface area contributed by atoms with Crippen molar-refractivity contribution in [2.45, 2.75) is 19.8 Å². The van der Waals surface area contributed by atoms with Crippen LogP contribution in [0.1, 0.15) is 19.8 Å². The van der Waals surface area contributed by atoms with Crippen LogP contribution < -0.4 is 15.5 Å². The van der Waals surface area contributed by atoms with Gasteiger partial charge in [-0.25, -0.2) is 9.97 Å². The maximum atomic E-state index is 6.06. The van der Waals surface area contributed by atoms with Crippen molar-refractivity contribution in [3.05, 3.63) is 6.20 Å². The molecule has 0 aliphatic carbocycles. The van der Waals surface area contributed by atoms with Crippen LogP contribution >= 0.6 is 0 Å². The molecule has 0 bridgehead atoms. The molecular weight excluding hydrogens is 264 g/mol. The molecule has 0 radical (unpaired) electrons. The fraction of sp³-hybridized carbons (Fsp3) is 0.733. The summed E-state index contributed by atoms with van der Waals surface area (Å²) in [5, 5.41) is 0. The predicted octanol–water partition coefficient (Wildman–Crippen LogP) is 1.05. The summed E-state index contributed by atoms with van der Waals surface area (Å²) < 4.78 is 0. The monoisotopic (exact) mass is 290 g/mol. The van der Waals surface area contributed by atoms with Crippen molar-refractivity contribution in [2.75, 3.05) is 61.8 Å². The standard InChI is InChI=1S/C15H26N6/c1-12-3-5-21(6-4-12)15-14(16)17-11-13(18-15)20-9-7-19(2)8-10-20/h11-12H,3-10H2,1-2H3,(H2,16,17). The third-order valence-electron chi connectivity index (χ3n) is 4.68. The second-order valence-corrected chi connectivity index (χ2v) is 6.40. The van der Waals surface area contributed by atoms with Crippen molar-refractivity contribution in [1.82, 2.24) is 14.9 Å². The van der Waals surface area contributed by atoms with Gasteiger partial charge in [-0.2, -0.15) is 0 Å². The first kappa shape index (κ1) is 14.4. The van der Waals surface area contributed by atoms with E-state index in [2.05, 4.69) is 33.7 Å². The highest BCUT2D eigenvalue weighted by Gasteiger charge is 2.22. The third-order valence-corrected chi connectivity index (χ3v) is 4.68. The molecule has 1 aromatic rings. The molecule has 1 aromatic heterocycles. The first-order chi connectivity index (χ1) is 10.1. The number of nitrogens with zero attached hydrogens (tertiary/aromatic N) is 5. The Kier molecular flexibility index (Phi) is 4.14. The number of aromatic nitrogens is 2. The van der Waals surface area contributed by atoms with Crippen molar-refractivity contribution in [2.24, 2.45) is 5.92 Å². The minimum atomic E-state index is 0.558. The van der Waals surface area contributed by atoms with E-state index in [-0.39, 0.29) is 0 Å². The lowest BCUT2D eigenvalue weighted by Gasteiger charge is -2.35. The first-order valence-corrected chi connectivity index (χ1v) is 7.94. The van der Waals surface area contributed by atoms with Crippen molar-refractivity contribution in [3.63, 3.8) is 0 Å². The van der Waals surface area contributed by atoms with E-state index in [1.807, 2.05) is 6.20 Å². The predicted molar refractivity (Wildman–Crippen MR) is 86.8 cm³/mol. The quantitative estimate of drug-likeness (QED) is 0.878. The number of nitrogen functional groups attached to an aromatic ring is 1. The maximum Gasteiger partial charge on any atom is 0.173 e. The van der Waals surface area contributed by atoms with Gasteiger partial charge in [0.1, 0.15) is 5.82 Å². The van der Waals surface area contributed by atoms with Crippen LogP contribution in [-0.2, 0) is 0 Å². The number of piperidine rings is 1. The van der Waals surface area contributed by atoms with Gasteiger partial charge in [0.2, 0.25) is 0 Å². The summed E-state index contributed by atoms with van der Waals surface area (Å²) in [7, 11) is 2.16. The summed E-state index contributed by atoms with van der Waals surface area (Å²) >= 11 is 0. The Morgan fingerprint density at radius 2 is 1.71 bits per heavy atom. The SMILES string of the molecule is CC1CCN(c2nc(N3CCN(C)CC3)cnc2N)CC1. The zero-order valence-corrected chi connectivity index (χ0v) is 13.1. The fourth-order valence-corrected chi connectivity index (χ4v) is 3.02. The van der Waals surface area contributed by atoms with Crippen molar-refractivity contribution in [3.8, 4) is 0 Å². The van der Waals surface area contributed by atoms with Crippen LogP contribution in [-0.4, -0.2) is 61.2 Å². The van der Waals surface area contributed by atoms with Gasteiger partial charge in [-0.15, -0.1) is 0 Å². The molecule has 2 fully saturated rings. The summed E-state index contributed by atoms with van der Waals surface area (Å²) in [5.74, 6) is 3.20. The van der Waals surface area contributed by atoms with Crippen LogP contribution in [0.5, 0.6) is 0 Å². The zero-order valence-electron chi connectivity index (χ0n) is 13.1. The molecular formula is C15H26N6. The molecule has 3 heterocycles. The van der Waals surface area contributed by atoms with Gasteiger partial charge in [-0.1, -0.05) is 6.92 Å². The molecule has 2 aliphatic rings. The van der Waals surface area contributed by atoms with Gasteiger partial charge in [-0.05, 0) is 25.8 Å². The Morgan fingerprint density at radius 1 is 1.05 bits per heavy atom. The topological polar surface area (TPSA) is 61.5 Å². The van der Waals surface area contributed by atoms with Crippen LogP contribution in [0.25, 0.3) is 0 Å². The normalized spacial score (nSPS) is 21.8. The number of hydrogen-bond acceptors (Lipinski definition) is 6. The lowest BCUT2D eigenvalue weighted by atomic mass is 9.99. The van der Waals surface area contributed by atoms with E-state index in [4.69, 9.17) is 10.7 Å². The van der Waals surface area contributed by atoms with Crippen LogP contribution in [0.3, 0.4) is 0 Å². The van der Waals surface area contributed by atoms with Crippen LogP contribution in [0.2, 0.25) is 0 Å². The van der Waals surface area contributed by atoms with Gasteiger partial charge in [0.05, 0.1) is 6.20 Å². The average molecular weight is 290 g/mol. The number of hydrogen-bond donors (Lipinski definition) is 1. The number of nitrogens with two attached hydrogens (primary N) is 1. The molecule has 0 saturated carbocycles. The maximum absolute atomic E-state index is 6.06. The highest BCUT2D eigenvalue weighted by atomic mass is 15.3. The summed E-state index contributed by atoms with van der Waals surface area (Å²) in [6, 6.07) is 0. The van der Waals surface area contributed by atoms with Gasteiger partial charge < -0.3 is 20.4 Å². The van der Waals surface area contributed by atoms with Crippen molar-refractivity contribution in [1.29, 1.82) is 0 Å². The van der Waals surface area contributed by atoms with E-state index < -0.39 is 0 Å². The van der Waals surface area contributed by atoms with Crippen LogP contribution in [0, 0.1) is 5.92 Å². The Bertz CT molecular complexity index is 475. The van der Waals surface area contributed by atoms with Crippen molar-refractivity contribution < 1.29 is 0 Å². The van der Waals surface area contributed by atoms with E-state index in [0.29, 0.717) is 5.82 Å². The summed E-state index contributed by atoms with van der Waals surface area (Å²) in [4.78, 5) is 16.1. The Balaban J connectivity index is 1.76. The average Bonchev–Trinajstić information content (AvgIpc) is 2.50. The second kappa shape index (κ2) is 6.05. The van der Waals surface area contributed by atoms with E-state index >= 15 is 0 Å². The van der Waals surface area contributed by atoms with Gasteiger partial charge >= 0.3 is 0 Å². The molecule has 3 rings (SSSR count). The molecule has 0 spiro atoms. The van der Waals surface area contributed by atoms with E-state index in [9.17, 15) is 0 Å². The Labute approximate surface area is 126 Å².